The third kappa shape index (κ3) is 4.58. The van der Waals surface area contributed by atoms with E-state index in [-0.39, 0.29) is 5.91 Å². The molecule has 1 amide bonds. The lowest BCUT2D eigenvalue weighted by Crippen LogP contribution is -2.42. The Bertz CT molecular complexity index is 260. The van der Waals surface area contributed by atoms with E-state index in [9.17, 15) is 4.79 Å². The summed E-state index contributed by atoms with van der Waals surface area (Å²) in [7, 11) is 0. The van der Waals surface area contributed by atoms with Gasteiger partial charge in [-0.05, 0) is 25.7 Å². The van der Waals surface area contributed by atoms with Crippen LogP contribution in [0.3, 0.4) is 0 Å². The van der Waals surface area contributed by atoms with Crippen molar-refractivity contribution in [3.05, 3.63) is 0 Å². The molecule has 104 valence electrons. The highest BCUT2D eigenvalue weighted by molar-refractivity contribution is 5.76. The molecule has 0 radical (unpaired) electrons. The molecule has 0 heterocycles. The summed E-state index contributed by atoms with van der Waals surface area (Å²) in [5.41, 5.74) is 5.69. The fraction of sp³-hybridized carbons (Fsp3) is 0.929. The SMILES string of the molecule is NCCN(CCC(=O)NC1CC1)C1CCCCC1. The zero-order valence-corrected chi connectivity index (χ0v) is 11.4. The molecule has 2 fully saturated rings. The first-order valence-corrected chi connectivity index (χ1v) is 7.53. The number of nitrogens with one attached hydrogen (secondary N) is 1. The molecule has 3 N–H and O–H groups in total. The number of amides is 1. The van der Waals surface area contributed by atoms with Gasteiger partial charge < -0.3 is 11.1 Å². The number of hydrogen-bond acceptors (Lipinski definition) is 3. The van der Waals surface area contributed by atoms with Gasteiger partial charge in [-0.15, -0.1) is 0 Å². The van der Waals surface area contributed by atoms with Crippen molar-refractivity contribution in [3.63, 3.8) is 0 Å². The van der Waals surface area contributed by atoms with E-state index >= 15 is 0 Å². The molecule has 2 aliphatic rings. The minimum atomic E-state index is 0.218. The van der Waals surface area contributed by atoms with Crippen molar-refractivity contribution in [2.75, 3.05) is 19.6 Å². The van der Waals surface area contributed by atoms with Crippen LogP contribution < -0.4 is 11.1 Å². The lowest BCUT2D eigenvalue weighted by Gasteiger charge is -2.34. The molecule has 4 nitrogen and oxygen atoms in total. The van der Waals surface area contributed by atoms with E-state index in [1.807, 2.05) is 0 Å². The molecule has 0 spiro atoms. The predicted molar refractivity (Wildman–Crippen MR) is 73.3 cm³/mol. The van der Waals surface area contributed by atoms with Crippen molar-refractivity contribution in [1.82, 2.24) is 10.2 Å². The van der Waals surface area contributed by atoms with Gasteiger partial charge in [0.1, 0.15) is 0 Å². The summed E-state index contributed by atoms with van der Waals surface area (Å²) in [6.07, 6.45) is 9.57. The lowest BCUT2D eigenvalue weighted by molar-refractivity contribution is -0.121. The van der Waals surface area contributed by atoms with Crippen molar-refractivity contribution in [1.29, 1.82) is 0 Å². The minimum Gasteiger partial charge on any atom is -0.353 e. The Kier molecular flexibility index (Phi) is 5.45. The number of carbonyl (C=O) groups is 1. The largest absolute Gasteiger partial charge is 0.353 e. The summed E-state index contributed by atoms with van der Waals surface area (Å²) in [5.74, 6) is 0.218. The number of nitrogens with zero attached hydrogens (tertiary/aromatic N) is 1. The highest BCUT2D eigenvalue weighted by Crippen LogP contribution is 2.22. The molecule has 0 aromatic carbocycles. The van der Waals surface area contributed by atoms with Gasteiger partial charge in [0.15, 0.2) is 0 Å². The molecule has 2 aliphatic carbocycles. The van der Waals surface area contributed by atoms with Crippen LogP contribution in [-0.2, 0) is 4.79 Å². The predicted octanol–water partition coefficient (Wildman–Crippen LogP) is 1.25. The fourth-order valence-electron chi connectivity index (χ4n) is 2.86. The maximum atomic E-state index is 11.7. The van der Waals surface area contributed by atoms with Gasteiger partial charge in [-0.1, -0.05) is 19.3 Å². The summed E-state index contributed by atoms with van der Waals surface area (Å²) < 4.78 is 0. The summed E-state index contributed by atoms with van der Waals surface area (Å²) in [5, 5.41) is 3.06. The van der Waals surface area contributed by atoms with Crippen LogP contribution in [0.4, 0.5) is 0 Å². The highest BCUT2D eigenvalue weighted by Gasteiger charge is 2.24. The van der Waals surface area contributed by atoms with E-state index in [1.165, 1.54) is 44.9 Å². The topological polar surface area (TPSA) is 58.4 Å². The van der Waals surface area contributed by atoms with Gasteiger partial charge in [-0.3, -0.25) is 9.69 Å². The Morgan fingerprint density at radius 2 is 1.83 bits per heavy atom. The first kappa shape index (κ1) is 13.8. The van der Waals surface area contributed by atoms with Crippen LogP contribution in [0, 0.1) is 0 Å². The highest BCUT2D eigenvalue weighted by atomic mass is 16.1. The standard InChI is InChI=1S/C14H27N3O/c15-9-11-17(13-4-2-1-3-5-13)10-8-14(18)16-12-6-7-12/h12-13H,1-11,15H2,(H,16,18). The van der Waals surface area contributed by atoms with Crippen LogP contribution in [0.2, 0.25) is 0 Å². The molecule has 0 aromatic heterocycles. The van der Waals surface area contributed by atoms with Crippen molar-refractivity contribution in [2.45, 2.75) is 63.5 Å². The number of nitrogens with two attached hydrogens (primary N) is 1. The summed E-state index contributed by atoms with van der Waals surface area (Å²) in [6.45, 7) is 2.50. The van der Waals surface area contributed by atoms with Gasteiger partial charge in [0.25, 0.3) is 0 Å². The third-order valence-electron chi connectivity index (χ3n) is 4.08. The Morgan fingerprint density at radius 3 is 2.44 bits per heavy atom. The monoisotopic (exact) mass is 253 g/mol. The molecule has 0 atom stereocenters. The number of hydrogen-bond donors (Lipinski definition) is 2. The number of carbonyl (C=O) groups excluding carboxylic acids is 1. The van der Waals surface area contributed by atoms with E-state index in [2.05, 4.69) is 10.2 Å². The van der Waals surface area contributed by atoms with Crippen LogP contribution >= 0.6 is 0 Å². The maximum Gasteiger partial charge on any atom is 0.221 e. The zero-order valence-electron chi connectivity index (χ0n) is 11.4. The van der Waals surface area contributed by atoms with Gasteiger partial charge in [0, 0.05) is 38.1 Å². The smallest absolute Gasteiger partial charge is 0.221 e. The molecule has 0 bridgehead atoms. The van der Waals surface area contributed by atoms with Crippen LogP contribution in [0.15, 0.2) is 0 Å². The van der Waals surface area contributed by atoms with Crippen LogP contribution in [-0.4, -0.2) is 42.5 Å². The van der Waals surface area contributed by atoms with E-state index in [1.54, 1.807) is 0 Å². The van der Waals surface area contributed by atoms with Gasteiger partial charge in [-0.25, -0.2) is 0 Å². The van der Waals surface area contributed by atoms with E-state index in [0.29, 0.717) is 25.0 Å². The molecule has 2 saturated carbocycles. The summed E-state index contributed by atoms with van der Waals surface area (Å²) in [6, 6.07) is 1.14. The second-order valence-corrected chi connectivity index (χ2v) is 5.71. The molecular formula is C14H27N3O. The third-order valence-corrected chi connectivity index (χ3v) is 4.08. The van der Waals surface area contributed by atoms with E-state index in [4.69, 9.17) is 5.73 Å². The van der Waals surface area contributed by atoms with Crippen molar-refractivity contribution >= 4 is 5.91 Å². The molecule has 0 aromatic rings. The molecule has 0 unspecified atom stereocenters. The first-order chi connectivity index (χ1) is 8.79. The fourth-order valence-corrected chi connectivity index (χ4v) is 2.86. The molecular weight excluding hydrogens is 226 g/mol. The first-order valence-electron chi connectivity index (χ1n) is 7.53. The average Bonchev–Trinajstić information content (AvgIpc) is 3.19. The Morgan fingerprint density at radius 1 is 1.11 bits per heavy atom. The lowest BCUT2D eigenvalue weighted by atomic mass is 9.94. The Balaban J connectivity index is 1.71. The van der Waals surface area contributed by atoms with Crippen molar-refractivity contribution < 1.29 is 4.79 Å². The molecule has 2 rings (SSSR count). The zero-order chi connectivity index (χ0) is 12.8. The normalized spacial score (nSPS) is 21.2. The second kappa shape index (κ2) is 7.10. The van der Waals surface area contributed by atoms with Gasteiger partial charge in [-0.2, -0.15) is 0 Å². The van der Waals surface area contributed by atoms with Crippen molar-refractivity contribution in [2.24, 2.45) is 5.73 Å². The molecule has 4 heteroatoms. The molecule has 0 aliphatic heterocycles. The second-order valence-electron chi connectivity index (χ2n) is 5.71. The average molecular weight is 253 g/mol. The Labute approximate surface area is 110 Å². The molecule has 18 heavy (non-hydrogen) atoms. The van der Waals surface area contributed by atoms with Crippen LogP contribution in [0.5, 0.6) is 0 Å². The van der Waals surface area contributed by atoms with Gasteiger partial charge in [0.05, 0.1) is 0 Å². The Hall–Kier alpha value is -0.610. The van der Waals surface area contributed by atoms with E-state index < -0.39 is 0 Å². The quantitative estimate of drug-likeness (QED) is 0.718. The van der Waals surface area contributed by atoms with Gasteiger partial charge in [0.2, 0.25) is 5.91 Å². The van der Waals surface area contributed by atoms with Crippen molar-refractivity contribution in [3.8, 4) is 0 Å². The summed E-state index contributed by atoms with van der Waals surface area (Å²) in [4.78, 5) is 14.2. The maximum absolute atomic E-state index is 11.7. The van der Waals surface area contributed by atoms with Crippen LogP contribution in [0.25, 0.3) is 0 Å². The summed E-state index contributed by atoms with van der Waals surface area (Å²) >= 11 is 0. The van der Waals surface area contributed by atoms with E-state index in [0.717, 1.165) is 13.1 Å². The molecule has 0 saturated heterocycles. The van der Waals surface area contributed by atoms with Crippen LogP contribution in [0.1, 0.15) is 51.4 Å². The minimum absolute atomic E-state index is 0.218. The number of rotatable bonds is 7. The van der Waals surface area contributed by atoms with Gasteiger partial charge >= 0.3 is 0 Å².